The first kappa shape index (κ1) is 11.5. The number of rotatable bonds is 3. The van der Waals surface area contributed by atoms with E-state index in [0.717, 1.165) is 17.5 Å². The van der Waals surface area contributed by atoms with Gasteiger partial charge in [0.15, 0.2) is 0 Å². The molecule has 0 aliphatic rings. The molecule has 0 fully saturated rings. The molecule has 0 atom stereocenters. The molecule has 2 nitrogen and oxygen atoms in total. The van der Waals surface area contributed by atoms with E-state index in [9.17, 15) is 0 Å². The van der Waals surface area contributed by atoms with Gasteiger partial charge in [0, 0.05) is 16.7 Å². The van der Waals surface area contributed by atoms with Crippen LogP contribution in [-0.4, -0.2) is 11.6 Å². The van der Waals surface area contributed by atoms with Crippen molar-refractivity contribution in [2.75, 3.05) is 6.61 Å². The lowest BCUT2D eigenvalue weighted by Gasteiger charge is -2.17. The molecule has 0 saturated heterocycles. The van der Waals surface area contributed by atoms with Crippen LogP contribution >= 0.6 is 15.9 Å². The van der Waals surface area contributed by atoms with Crippen molar-refractivity contribution in [3.8, 4) is 5.88 Å². The topological polar surface area (TPSA) is 22.1 Å². The van der Waals surface area contributed by atoms with Crippen LogP contribution in [0.15, 0.2) is 22.8 Å². The van der Waals surface area contributed by atoms with E-state index >= 15 is 0 Å². The van der Waals surface area contributed by atoms with E-state index in [4.69, 9.17) is 4.74 Å². The van der Waals surface area contributed by atoms with E-state index in [2.05, 4.69) is 41.7 Å². The highest BCUT2D eigenvalue weighted by atomic mass is 79.9. The molecule has 0 amide bonds. The fourth-order valence-corrected chi connectivity index (χ4v) is 1.14. The second-order valence-electron chi connectivity index (χ2n) is 4.47. The van der Waals surface area contributed by atoms with Gasteiger partial charge in [-0.2, -0.15) is 0 Å². The van der Waals surface area contributed by atoms with Crippen LogP contribution in [0.3, 0.4) is 0 Å². The molecule has 1 heterocycles. The first-order valence-electron chi connectivity index (χ1n) is 4.72. The largest absolute Gasteiger partial charge is 0.478 e. The van der Waals surface area contributed by atoms with Crippen molar-refractivity contribution < 1.29 is 4.74 Å². The monoisotopic (exact) mass is 257 g/mol. The Kier molecular flexibility index (Phi) is 3.93. The van der Waals surface area contributed by atoms with Gasteiger partial charge in [0.2, 0.25) is 5.88 Å². The molecule has 0 saturated carbocycles. The summed E-state index contributed by atoms with van der Waals surface area (Å²) >= 11 is 3.33. The van der Waals surface area contributed by atoms with Gasteiger partial charge in [-0.1, -0.05) is 20.8 Å². The van der Waals surface area contributed by atoms with Gasteiger partial charge in [0.1, 0.15) is 0 Å². The van der Waals surface area contributed by atoms with E-state index in [-0.39, 0.29) is 0 Å². The summed E-state index contributed by atoms with van der Waals surface area (Å²) in [6.07, 6.45) is 2.77. The van der Waals surface area contributed by atoms with Gasteiger partial charge in [-0.15, -0.1) is 0 Å². The Balaban J connectivity index is 2.35. The van der Waals surface area contributed by atoms with Gasteiger partial charge in [-0.05, 0) is 33.8 Å². The summed E-state index contributed by atoms with van der Waals surface area (Å²) in [5.74, 6) is 0.692. The Morgan fingerprint density at radius 3 is 2.57 bits per heavy atom. The van der Waals surface area contributed by atoms with Crippen LogP contribution in [0.4, 0.5) is 0 Å². The van der Waals surface area contributed by atoms with Crippen LogP contribution in [0.2, 0.25) is 0 Å². The number of halogens is 1. The summed E-state index contributed by atoms with van der Waals surface area (Å²) < 4.78 is 6.48. The molecule has 3 heteroatoms. The molecule has 0 radical (unpaired) electrons. The zero-order chi connectivity index (χ0) is 10.6. The van der Waals surface area contributed by atoms with Crippen molar-refractivity contribution in [3.63, 3.8) is 0 Å². The van der Waals surface area contributed by atoms with Crippen LogP contribution in [0.25, 0.3) is 0 Å². The summed E-state index contributed by atoms with van der Waals surface area (Å²) in [4.78, 5) is 4.13. The first-order valence-corrected chi connectivity index (χ1v) is 5.51. The standard InChI is InChI=1S/C11H16BrNO/c1-11(2,3)6-7-14-10-5-4-9(12)8-13-10/h4-5,8H,6-7H2,1-3H3. The van der Waals surface area contributed by atoms with E-state index in [1.54, 1.807) is 6.20 Å². The predicted octanol–water partition coefficient (Wildman–Crippen LogP) is 3.66. The van der Waals surface area contributed by atoms with Crippen LogP contribution in [0.5, 0.6) is 5.88 Å². The molecule has 0 aliphatic carbocycles. The number of nitrogens with zero attached hydrogens (tertiary/aromatic N) is 1. The van der Waals surface area contributed by atoms with Gasteiger partial charge in [0.25, 0.3) is 0 Å². The third-order valence-corrected chi connectivity index (χ3v) is 2.27. The molecule has 78 valence electrons. The number of hydrogen-bond donors (Lipinski definition) is 0. The Morgan fingerprint density at radius 2 is 2.07 bits per heavy atom. The minimum absolute atomic E-state index is 0.315. The summed E-state index contributed by atoms with van der Waals surface area (Å²) in [7, 11) is 0. The van der Waals surface area contributed by atoms with E-state index in [0.29, 0.717) is 11.3 Å². The lowest BCUT2D eigenvalue weighted by Crippen LogP contribution is -2.11. The van der Waals surface area contributed by atoms with Crippen molar-refractivity contribution in [1.82, 2.24) is 4.98 Å². The van der Waals surface area contributed by atoms with Gasteiger partial charge in [0.05, 0.1) is 6.61 Å². The van der Waals surface area contributed by atoms with E-state index < -0.39 is 0 Å². The second-order valence-corrected chi connectivity index (χ2v) is 5.39. The molecular formula is C11H16BrNO. The molecule has 14 heavy (non-hydrogen) atoms. The lowest BCUT2D eigenvalue weighted by molar-refractivity contribution is 0.236. The number of ether oxygens (including phenoxy) is 1. The number of pyridine rings is 1. The van der Waals surface area contributed by atoms with Gasteiger partial charge in [-0.25, -0.2) is 4.98 Å². The van der Waals surface area contributed by atoms with Gasteiger partial charge < -0.3 is 4.74 Å². The Bertz CT molecular complexity index is 276. The number of hydrogen-bond acceptors (Lipinski definition) is 2. The molecule has 1 aromatic heterocycles. The number of aromatic nitrogens is 1. The maximum Gasteiger partial charge on any atom is 0.213 e. The van der Waals surface area contributed by atoms with E-state index in [1.807, 2.05) is 12.1 Å². The lowest BCUT2D eigenvalue weighted by atomic mass is 9.93. The van der Waals surface area contributed by atoms with Gasteiger partial charge >= 0.3 is 0 Å². The zero-order valence-electron chi connectivity index (χ0n) is 8.88. The third kappa shape index (κ3) is 4.61. The highest BCUT2D eigenvalue weighted by Gasteiger charge is 2.09. The molecule has 1 rings (SSSR count). The molecule has 0 aliphatic heterocycles. The van der Waals surface area contributed by atoms with Crippen molar-refractivity contribution in [2.24, 2.45) is 5.41 Å². The average Bonchev–Trinajstić information content (AvgIpc) is 2.06. The summed E-state index contributed by atoms with van der Waals surface area (Å²) in [5, 5.41) is 0. The Hall–Kier alpha value is -0.570. The zero-order valence-corrected chi connectivity index (χ0v) is 10.5. The van der Waals surface area contributed by atoms with Crippen LogP contribution < -0.4 is 4.74 Å². The predicted molar refractivity (Wildman–Crippen MR) is 61.5 cm³/mol. The van der Waals surface area contributed by atoms with Crippen molar-refractivity contribution in [3.05, 3.63) is 22.8 Å². The average molecular weight is 258 g/mol. The molecule has 0 N–H and O–H groups in total. The van der Waals surface area contributed by atoms with Crippen molar-refractivity contribution in [1.29, 1.82) is 0 Å². The SMILES string of the molecule is CC(C)(C)CCOc1ccc(Br)cn1. The minimum Gasteiger partial charge on any atom is -0.478 e. The highest BCUT2D eigenvalue weighted by molar-refractivity contribution is 9.10. The smallest absolute Gasteiger partial charge is 0.213 e. The van der Waals surface area contributed by atoms with Crippen molar-refractivity contribution in [2.45, 2.75) is 27.2 Å². The molecule has 1 aromatic rings. The van der Waals surface area contributed by atoms with Gasteiger partial charge in [-0.3, -0.25) is 0 Å². The molecule has 0 bridgehead atoms. The maximum atomic E-state index is 5.51. The Labute approximate surface area is 93.8 Å². The fourth-order valence-electron chi connectivity index (χ4n) is 0.909. The molecule has 0 spiro atoms. The van der Waals surface area contributed by atoms with Crippen LogP contribution in [0.1, 0.15) is 27.2 Å². The van der Waals surface area contributed by atoms with Crippen LogP contribution in [-0.2, 0) is 0 Å². The van der Waals surface area contributed by atoms with E-state index in [1.165, 1.54) is 0 Å². The minimum atomic E-state index is 0.315. The molecule has 0 unspecified atom stereocenters. The normalized spacial score (nSPS) is 11.4. The summed E-state index contributed by atoms with van der Waals surface area (Å²) in [6, 6.07) is 3.80. The first-order chi connectivity index (χ1) is 6.47. The Morgan fingerprint density at radius 1 is 1.36 bits per heavy atom. The third-order valence-electron chi connectivity index (χ3n) is 1.80. The molecule has 0 aromatic carbocycles. The fraction of sp³-hybridized carbons (Fsp3) is 0.545. The summed E-state index contributed by atoms with van der Waals surface area (Å²) in [6.45, 7) is 7.32. The maximum absolute atomic E-state index is 5.51. The molecular weight excluding hydrogens is 242 g/mol. The second kappa shape index (κ2) is 4.78. The van der Waals surface area contributed by atoms with Crippen LogP contribution in [0, 0.1) is 5.41 Å². The quantitative estimate of drug-likeness (QED) is 0.825. The van der Waals surface area contributed by atoms with Crippen molar-refractivity contribution >= 4 is 15.9 Å². The highest BCUT2D eigenvalue weighted by Crippen LogP contribution is 2.19. The summed E-state index contributed by atoms with van der Waals surface area (Å²) in [5.41, 5.74) is 0.315.